The highest BCUT2D eigenvalue weighted by molar-refractivity contribution is 5.64. The van der Waals surface area contributed by atoms with Crippen LogP contribution in [0.15, 0.2) is 48.5 Å². The molecule has 122 valence electrons. The molecule has 0 saturated heterocycles. The highest BCUT2D eigenvalue weighted by atomic mass is 16.5. The zero-order chi connectivity index (χ0) is 16.2. The smallest absolute Gasteiger partial charge is 0.118 e. The number of likely N-dealkylation sites (N-methyl/N-ethyl adjacent to an activating group) is 1. The van der Waals surface area contributed by atoms with Gasteiger partial charge < -0.3 is 15.2 Å². The first kappa shape index (κ1) is 16.0. The Hall–Kier alpha value is -1.84. The van der Waals surface area contributed by atoms with Gasteiger partial charge in [-0.05, 0) is 61.1 Å². The number of benzene rings is 2. The number of hydrogen-bond donors (Lipinski definition) is 2. The zero-order valence-corrected chi connectivity index (χ0v) is 13.8. The molecule has 0 spiro atoms. The Balaban J connectivity index is 1.65. The number of hydrogen-bond acceptors (Lipinski definition) is 3. The third-order valence-electron chi connectivity index (χ3n) is 4.90. The van der Waals surface area contributed by atoms with E-state index in [9.17, 15) is 5.11 Å². The fourth-order valence-electron chi connectivity index (χ4n) is 3.55. The molecule has 3 atom stereocenters. The molecule has 3 nitrogen and oxygen atoms in total. The van der Waals surface area contributed by atoms with Crippen molar-refractivity contribution in [3.05, 3.63) is 54.1 Å². The lowest BCUT2D eigenvalue weighted by atomic mass is 9.96. The molecule has 2 aromatic carbocycles. The lowest BCUT2D eigenvalue weighted by molar-refractivity contribution is 0.150. The van der Waals surface area contributed by atoms with Gasteiger partial charge in [0.2, 0.25) is 0 Å². The van der Waals surface area contributed by atoms with E-state index >= 15 is 0 Å². The summed E-state index contributed by atoms with van der Waals surface area (Å²) in [6.07, 6.45) is 2.78. The van der Waals surface area contributed by atoms with Crippen molar-refractivity contribution in [1.82, 2.24) is 5.32 Å². The lowest BCUT2D eigenvalue weighted by Crippen LogP contribution is -2.32. The summed E-state index contributed by atoms with van der Waals surface area (Å²) in [6, 6.07) is 17.2. The molecule has 0 bridgehead atoms. The third-order valence-corrected chi connectivity index (χ3v) is 4.90. The summed E-state index contributed by atoms with van der Waals surface area (Å²) in [5.74, 6) is 1.44. The molecule has 1 aliphatic carbocycles. The predicted molar refractivity (Wildman–Crippen MR) is 93.7 cm³/mol. The van der Waals surface area contributed by atoms with Crippen molar-refractivity contribution in [2.75, 3.05) is 14.2 Å². The first-order valence-electron chi connectivity index (χ1n) is 8.28. The Morgan fingerprint density at radius 3 is 2.13 bits per heavy atom. The van der Waals surface area contributed by atoms with Crippen LogP contribution >= 0.6 is 0 Å². The molecule has 3 heteroatoms. The van der Waals surface area contributed by atoms with E-state index in [0.717, 1.165) is 25.0 Å². The molecule has 0 radical (unpaired) electrons. The van der Waals surface area contributed by atoms with Crippen LogP contribution in [0.25, 0.3) is 11.1 Å². The van der Waals surface area contributed by atoms with Crippen molar-refractivity contribution in [1.29, 1.82) is 0 Å². The van der Waals surface area contributed by atoms with Crippen LogP contribution in [-0.4, -0.2) is 31.4 Å². The molecule has 0 amide bonds. The third kappa shape index (κ3) is 3.74. The maximum absolute atomic E-state index is 10.0. The quantitative estimate of drug-likeness (QED) is 0.890. The minimum Gasteiger partial charge on any atom is -0.497 e. The highest BCUT2D eigenvalue weighted by Gasteiger charge is 2.31. The van der Waals surface area contributed by atoms with Crippen molar-refractivity contribution in [3.8, 4) is 16.9 Å². The van der Waals surface area contributed by atoms with E-state index in [1.165, 1.54) is 16.7 Å². The van der Waals surface area contributed by atoms with E-state index in [2.05, 4.69) is 41.7 Å². The van der Waals surface area contributed by atoms with Gasteiger partial charge in [0, 0.05) is 6.04 Å². The van der Waals surface area contributed by atoms with Gasteiger partial charge in [0.05, 0.1) is 13.2 Å². The molecule has 0 heterocycles. The van der Waals surface area contributed by atoms with Gasteiger partial charge in [0.25, 0.3) is 0 Å². The summed E-state index contributed by atoms with van der Waals surface area (Å²) in [7, 11) is 3.61. The molecular weight excluding hydrogens is 286 g/mol. The van der Waals surface area contributed by atoms with Crippen LogP contribution in [-0.2, 0) is 6.42 Å². The van der Waals surface area contributed by atoms with E-state index in [1.54, 1.807) is 7.11 Å². The van der Waals surface area contributed by atoms with Crippen molar-refractivity contribution >= 4 is 0 Å². The van der Waals surface area contributed by atoms with Gasteiger partial charge in [-0.3, -0.25) is 0 Å². The first-order valence-corrected chi connectivity index (χ1v) is 8.28. The summed E-state index contributed by atoms with van der Waals surface area (Å²) < 4.78 is 5.20. The average molecular weight is 311 g/mol. The molecule has 1 aliphatic rings. The Morgan fingerprint density at radius 1 is 1.00 bits per heavy atom. The summed E-state index contributed by atoms with van der Waals surface area (Å²) in [5, 5.41) is 13.2. The Kier molecular flexibility index (Phi) is 4.99. The van der Waals surface area contributed by atoms with Crippen molar-refractivity contribution in [2.24, 2.45) is 5.92 Å². The van der Waals surface area contributed by atoms with Gasteiger partial charge in [-0.2, -0.15) is 0 Å². The van der Waals surface area contributed by atoms with Crippen molar-refractivity contribution in [3.63, 3.8) is 0 Å². The van der Waals surface area contributed by atoms with Crippen LogP contribution in [0, 0.1) is 5.92 Å². The van der Waals surface area contributed by atoms with E-state index in [4.69, 9.17) is 4.74 Å². The molecule has 23 heavy (non-hydrogen) atoms. The second-order valence-electron chi connectivity index (χ2n) is 6.43. The maximum atomic E-state index is 10.0. The lowest BCUT2D eigenvalue weighted by Gasteiger charge is -2.12. The molecule has 0 unspecified atom stereocenters. The fourth-order valence-corrected chi connectivity index (χ4v) is 3.55. The normalized spacial score (nSPS) is 23.9. The van der Waals surface area contributed by atoms with Crippen LogP contribution in [0.1, 0.15) is 18.4 Å². The first-order chi connectivity index (χ1) is 11.2. The Labute approximate surface area is 138 Å². The minimum atomic E-state index is -0.205. The second kappa shape index (κ2) is 7.16. The number of rotatable bonds is 5. The monoisotopic (exact) mass is 311 g/mol. The van der Waals surface area contributed by atoms with Gasteiger partial charge in [0.1, 0.15) is 5.75 Å². The summed E-state index contributed by atoms with van der Waals surface area (Å²) in [6.45, 7) is 0. The van der Waals surface area contributed by atoms with E-state index in [-0.39, 0.29) is 12.1 Å². The number of nitrogens with one attached hydrogen (secondary N) is 1. The topological polar surface area (TPSA) is 41.5 Å². The van der Waals surface area contributed by atoms with Gasteiger partial charge >= 0.3 is 0 Å². The zero-order valence-electron chi connectivity index (χ0n) is 13.8. The number of aliphatic hydroxyl groups excluding tert-OH is 1. The van der Waals surface area contributed by atoms with Crippen LogP contribution in [0.2, 0.25) is 0 Å². The SMILES string of the molecule is CN[C@H]1C[C@@H](Cc2ccc(-c3ccc(OC)cc3)cc2)C[C@@H]1O. The molecule has 3 rings (SSSR count). The summed E-state index contributed by atoms with van der Waals surface area (Å²) >= 11 is 0. The summed E-state index contributed by atoms with van der Waals surface area (Å²) in [5.41, 5.74) is 3.76. The maximum Gasteiger partial charge on any atom is 0.118 e. The molecule has 0 aliphatic heterocycles. The summed E-state index contributed by atoms with van der Waals surface area (Å²) in [4.78, 5) is 0. The molecule has 2 N–H and O–H groups in total. The molecule has 0 aromatic heterocycles. The van der Waals surface area contributed by atoms with Crippen molar-refractivity contribution < 1.29 is 9.84 Å². The number of ether oxygens (including phenoxy) is 1. The van der Waals surface area contributed by atoms with Crippen LogP contribution < -0.4 is 10.1 Å². The van der Waals surface area contributed by atoms with Gasteiger partial charge in [-0.15, -0.1) is 0 Å². The van der Waals surface area contributed by atoms with Gasteiger partial charge in [-0.1, -0.05) is 36.4 Å². The fraction of sp³-hybridized carbons (Fsp3) is 0.400. The van der Waals surface area contributed by atoms with Crippen molar-refractivity contribution in [2.45, 2.75) is 31.4 Å². The molecule has 2 aromatic rings. The van der Waals surface area contributed by atoms with Crippen LogP contribution in [0.5, 0.6) is 5.75 Å². The molecule has 1 saturated carbocycles. The van der Waals surface area contributed by atoms with Gasteiger partial charge in [0.15, 0.2) is 0 Å². The standard InChI is InChI=1S/C20H25NO2/c1-21-19-12-15(13-20(19)22)11-14-3-5-16(6-4-14)17-7-9-18(23-2)10-8-17/h3-10,15,19-22H,11-13H2,1-2H3/t15-,19+,20+/m1/s1. The highest BCUT2D eigenvalue weighted by Crippen LogP contribution is 2.30. The minimum absolute atomic E-state index is 0.205. The number of aliphatic hydroxyl groups is 1. The predicted octanol–water partition coefficient (Wildman–Crippen LogP) is 3.26. The Morgan fingerprint density at radius 2 is 1.61 bits per heavy atom. The van der Waals surface area contributed by atoms with Crippen LogP contribution in [0.3, 0.4) is 0 Å². The second-order valence-corrected chi connectivity index (χ2v) is 6.43. The molecular formula is C20H25NO2. The van der Waals surface area contributed by atoms with E-state index in [0.29, 0.717) is 5.92 Å². The number of methoxy groups -OCH3 is 1. The van der Waals surface area contributed by atoms with E-state index in [1.807, 2.05) is 19.2 Å². The largest absolute Gasteiger partial charge is 0.497 e. The molecule has 1 fully saturated rings. The van der Waals surface area contributed by atoms with Gasteiger partial charge in [-0.25, -0.2) is 0 Å². The van der Waals surface area contributed by atoms with Crippen LogP contribution in [0.4, 0.5) is 0 Å². The average Bonchev–Trinajstić information content (AvgIpc) is 2.95. The van der Waals surface area contributed by atoms with E-state index < -0.39 is 0 Å². The Bertz CT molecular complexity index is 621.